The lowest BCUT2D eigenvalue weighted by atomic mass is 10.1. The van der Waals surface area contributed by atoms with E-state index in [-0.39, 0.29) is 23.7 Å². The molecule has 0 aliphatic heterocycles. The minimum Gasteiger partial charge on any atom is -0.352 e. The highest BCUT2D eigenvalue weighted by molar-refractivity contribution is 9.10. The lowest BCUT2D eigenvalue weighted by Gasteiger charge is -2.26. The van der Waals surface area contributed by atoms with E-state index in [4.69, 9.17) is 0 Å². The van der Waals surface area contributed by atoms with Gasteiger partial charge in [0.25, 0.3) is 5.91 Å². The standard InChI is InChI=1S/C22H27BrFN3O2S/c1-27(2)20(15-7-6-8-16(24)13-15)14-25-22(29)19(11-12-30-3)26-21(28)17-9-4-5-10-18(17)23/h4-10,13,19-20H,11-12,14H2,1-3H3,(H,25,29)(H,26,28). The van der Waals surface area contributed by atoms with Crippen LogP contribution in [-0.4, -0.2) is 55.4 Å². The SMILES string of the molecule is CSCCC(NC(=O)c1ccccc1Br)C(=O)NCC(c1cccc(F)c1)N(C)C. The molecule has 0 aromatic heterocycles. The van der Waals surface area contributed by atoms with E-state index in [2.05, 4.69) is 26.6 Å². The number of hydrogen-bond donors (Lipinski definition) is 2. The van der Waals surface area contributed by atoms with Gasteiger partial charge in [0.05, 0.1) is 11.6 Å². The van der Waals surface area contributed by atoms with Crippen molar-refractivity contribution in [2.75, 3.05) is 32.6 Å². The lowest BCUT2D eigenvalue weighted by molar-refractivity contribution is -0.123. The number of carbonyl (C=O) groups excluding carboxylic acids is 2. The van der Waals surface area contributed by atoms with E-state index < -0.39 is 6.04 Å². The normalized spacial score (nSPS) is 13.0. The third kappa shape index (κ3) is 7.11. The van der Waals surface area contributed by atoms with Crippen LogP contribution in [0, 0.1) is 5.82 Å². The minimum atomic E-state index is -0.660. The van der Waals surface area contributed by atoms with E-state index in [0.717, 1.165) is 11.3 Å². The Labute approximate surface area is 189 Å². The molecule has 0 fully saturated rings. The van der Waals surface area contributed by atoms with Crippen LogP contribution in [0.5, 0.6) is 0 Å². The Balaban J connectivity index is 2.08. The van der Waals surface area contributed by atoms with Gasteiger partial charge in [-0.15, -0.1) is 0 Å². The van der Waals surface area contributed by atoms with Crippen LogP contribution in [0.15, 0.2) is 53.0 Å². The van der Waals surface area contributed by atoms with Crippen LogP contribution in [-0.2, 0) is 4.79 Å². The van der Waals surface area contributed by atoms with Crippen LogP contribution in [0.2, 0.25) is 0 Å². The molecule has 162 valence electrons. The summed E-state index contributed by atoms with van der Waals surface area (Å²) in [6.45, 7) is 0.302. The number of thioether (sulfide) groups is 1. The molecular formula is C22H27BrFN3O2S. The first-order valence-corrected chi connectivity index (χ1v) is 11.8. The third-order valence-corrected chi connectivity index (χ3v) is 6.01. The number of rotatable bonds is 10. The Hall–Kier alpha value is -1.90. The van der Waals surface area contributed by atoms with Gasteiger partial charge in [-0.05, 0) is 78.3 Å². The van der Waals surface area contributed by atoms with Gasteiger partial charge in [-0.25, -0.2) is 4.39 Å². The molecule has 2 rings (SSSR count). The fourth-order valence-electron chi connectivity index (χ4n) is 3.02. The van der Waals surface area contributed by atoms with Gasteiger partial charge in [0.1, 0.15) is 11.9 Å². The van der Waals surface area contributed by atoms with Gasteiger partial charge in [-0.2, -0.15) is 11.8 Å². The van der Waals surface area contributed by atoms with Gasteiger partial charge in [0, 0.05) is 11.0 Å². The summed E-state index contributed by atoms with van der Waals surface area (Å²) >= 11 is 4.98. The molecule has 0 spiro atoms. The van der Waals surface area contributed by atoms with Crippen molar-refractivity contribution >= 4 is 39.5 Å². The Bertz CT molecular complexity index is 866. The van der Waals surface area contributed by atoms with Crippen molar-refractivity contribution in [2.45, 2.75) is 18.5 Å². The van der Waals surface area contributed by atoms with Crippen molar-refractivity contribution in [2.24, 2.45) is 0 Å². The number of benzene rings is 2. The molecule has 0 heterocycles. The van der Waals surface area contributed by atoms with E-state index >= 15 is 0 Å². The molecule has 2 aromatic carbocycles. The first kappa shape index (κ1) is 24.4. The summed E-state index contributed by atoms with van der Waals surface area (Å²) in [6, 6.07) is 12.6. The second-order valence-corrected chi connectivity index (χ2v) is 8.91. The van der Waals surface area contributed by atoms with Crippen LogP contribution < -0.4 is 10.6 Å². The Morgan fingerprint density at radius 2 is 1.90 bits per heavy atom. The quantitative estimate of drug-likeness (QED) is 0.525. The van der Waals surface area contributed by atoms with Crippen molar-refractivity contribution < 1.29 is 14.0 Å². The maximum atomic E-state index is 13.6. The molecule has 2 aromatic rings. The summed E-state index contributed by atoms with van der Waals surface area (Å²) in [6.07, 6.45) is 2.46. The predicted molar refractivity (Wildman–Crippen MR) is 124 cm³/mol. The van der Waals surface area contributed by atoms with Crippen LogP contribution in [0.25, 0.3) is 0 Å². The molecule has 2 N–H and O–H groups in total. The molecule has 0 bridgehead atoms. The maximum absolute atomic E-state index is 13.6. The Morgan fingerprint density at radius 1 is 1.17 bits per heavy atom. The molecule has 30 heavy (non-hydrogen) atoms. The van der Waals surface area contributed by atoms with Gasteiger partial charge < -0.3 is 15.5 Å². The molecule has 2 unspecified atom stereocenters. The van der Waals surface area contributed by atoms with Gasteiger partial charge in [-0.1, -0.05) is 24.3 Å². The molecule has 0 radical (unpaired) electrons. The zero-order valence-electron chi connectivity index (χ0n) is 17.3. The van der Waals surface area contributed by atoms with E-state index in [1.54, 1.807) is 36.0 Å². The number of nitrogens with zero attached hydrogens (tertiary/aromatic N) is 1. The summed E-state index contributed by atoms with van der Waals surface area (Å²) in [5, 5.41) is 5.77. The fraction of sp³-hybridized carbons (Fsp3) is 0.364. The summed E-state index contributed by atoms with van der Waals surface area (Å²) < 4.78 is 14.3. The largest absolute Gasteiger partial charge is 0.352 e. The molecular weight excluding hydrogens is 469 g/mol. The summed E-state index contributed by atoms with van der Waals surface area (Å²) in [7, 11) is 3.75. The zero-order valence-corrected chi connectivity index (χ0v) is 19.7. The molecule has 2 atom stereocenters. The second-order valence-electron chi connectivity index (χ2n) is 7.07. The smallest absolute Gasteiger partial charge is 0.253 e. The number of carbonyl (C=O) groups is 2. The second kappa shape index (κ2) is 12.1. The highest BCUT2D eigenvalue weighted by Crippen LogP contribution is 2.19. The summed E-state index contributed by atoms with van der Waals surface area (Å²) in [5.41, 5.74) is 1.25. The lowest BCUT2D eigenvalue weighted by Crippen LogP contribution is -2.48. The highest BCUT2D eigenvalue weighted by atomic mass is 79.9. The van der Waals surface area contributed by atoms with Gasteiger partial charge >= 0.3 is 0 Å². The number of nitrogens with one attached hydrogen (secondary N) is 2. The van der Waals surface area contributed by atoms with Crippen LogP contribution >= 0.6 is 27.7 Å². The van der Waals surface area contributed by atoms with E-state index in [9.17, 15) is 14.0 Å². The van der Waals surface area contributed by atoms with Crippen molar-refractivity contribution in [3.05, 3.63) is 69.9 Å². The Kier molecular flexibility index (Phi) is 9.81. The van der Waals surface area contributed by atoms with E-state index in [1.807, 2.05) is 37.4 Å². The molecule has 8 heteroatoms. The molecule has 0 aliphatic carbocycles. The van der Waals surface area contributed by atoms with E-state index in [1.165, 1.54) is 12.1 Å². The summed E-state index contributed by atoms with van der Waals surface area (Å²) in [5.74, 6) is -0.148. The number of hydrogen-bond acceptors (Lipinski definition) is 4. The third-order valence-electron chi connectivity index (χ3n) is 4.68. The van der Waals surface area contributed by atoms with Crippen molar-refractivity contribution in [3.8, 4) is 0 Å². The minimum absolute atomic E-state index is 0.190. The average molecular weight is 496 g/mol. The number of halogens is 2. The van der Waals surface area contributed by atoms with Crippen molar-refractivity contribution in [1.82, 2.24) is 15.5 Å². The van der Waals surface area contributed by atoms with Crippen LogP contribution in [0.3, 0.4) is 0 Å². The monoisotopic (exact) mass is 495 g/mol. The molecule has 2 amide bonds. The molecule has 5 nitrogen and oxygen atoms in total. The topological polar surface area (TPSA) is 61.4 Å². The predicted octanol–water partition coefficient (Wildman–Crippen LogP) is 3.86. The maximum Gasteiger partial charge on any atom is 0.253 e. The van der Waals surface area contributed by atoms with Crippen LogP contribution in [0.1, 0.15) is 28.4 Å². The first-order valence-electron chi connectivity index (χ1n) is 9.57. The Morgan fingerprint density at radius 3 is 2.53 bits per heavy atom. The summed E-state index contributed by atoms with van der Waals surface area (Å²) in [4.78, 5) is 27.5. The highest BCUT2D eigenvalue weighted by Gasteiger charge is 2.24. The average Bonchev–Trinajstić information content (AvgIpc) is 2.71. The number of likely N-dealkylation sites (N-methyl/N-ethyl adjacent to an activating group) is 1. The molecule has 0 aliphatic rings. The van der Waals surface area contributed by atoms with Crippen molar-refractivity contribution in [1.29, 1.82) is 0 Å². The first-order chi connectivity index (χ1) is 14.3. The van der Waals surface area contributed by atoms with Crippen molar-refractivity contribution in [3.63, 3.8) is 0 Å². The van der Waals surface area contributed by atoms with Gasteiger partial charge in [0.2, 0.25) is 5.91 Å². The van der Waals surface area contributed by atoms with Gasteiger partial charge in [-0.3, -0.25) is 9.59 Å². The van der Waals surface area contributed by atoms with Gasteiger partial charge in [0.15, 0.2) is 0 Å². The number of amides is 2. The molecule has 0 saturated heterocycles. The fourth-order valence-corrected chi connectivity index (χ4v) is 3.95. The molecule has 0 saturated carbocycles. The van der Waals surface area contributed by atoms with Crippen LogP contribution in [0.4, 0.5) is 4.39 Å². The van der Waals surface area contributed by atoms with E-state index in [0.29, 0.717) is 23.0 Å². The zero-order chi connectivity index (χ0) is 22.1.